The van der Waals surface area contributed by atoms with E-state index >= 15 is 0 Å². The van der Waals surface area contributed by atoms with Gasteiger partial charge in [-0.15, -0.1) is 0 Å². The SMILES string of the molecule is CCCCOCCOCCOP(O)OP(O)O.OCC1CCCC(O)(CO)C1(CO)CO. The number of unbranched alkanes of at least 4 members (excludes halogenated alkanes) is 1. The van der Waals surface area contributed by atoms with Crippen LogP contribution in [-0.2, 0) is 18.3 Å². The van der Waals surface area contributed by atoms with Crippen molar-refractivity contribution in [1.82, 2.24) is 0 Å². The lowest BCUT2D eigenvalue weighted by molar-refractivity contribution is -0.208. The first-order valence-electron chi connectivity index (χ1n) is 10.6. The molecule has 1 aliphatic carbocycles. The lowest BCUT2D eigenvalue weighted by Crippen LogP contribution is -2.62. The third-order valence-electron chi connectivity index (χ3n) is 5.48. The number of ether oxygens (including phenoxy) is 2. The van der Waals surface area contributed by atoms with Gasteiger partial charge in [0.05, 0.1) is 57.3 Å². The molecule has 1 rings (SSSR count). The van der Waals surface area contributed by atoms with Crippen molar-refractivity contribution in [2.24, 2.45) is 11.3 Å². The van der Waals surface area contributed by atoms with Crippen molar-refractivity contribution >= 4 is 17.2 Å². The van der Waals surface area contributed by atoms with E-state index < -0.39 is 48.0 Å². The molecule has 0 aromatic rings. The molecule has 0 bridgehead atoms. The molecule has 0 spiro atoms. The third-order valence-corrected chi connectivity index (χ3v) is 7.03. The summed E-state index contributed by atoms with van der Waals surface area (Å²) in [7, 11) is -4.82. The molecule has 0 radical (unpaired) electrons. The first-order valence-corrected chi connectivity index (χ1v) is 12.9. The molecule has 1 saturated carbocycles. The van der Waals surface area contributed by atoms with Gasteiger partial charge < -0.3 is 54.2 Å². The minimum absolute atomic E-state index is 0.125. The van der Waals surface area contributed by atoms with Gasteiger partial charge in [-0.3, -0.25) is 0 Å². The Morgan fingerprint density at radius 1 is 0.875 bits per heavy atom. The lowest BCUT2D eigenvalue weighted by Gasteiger charge is -2.52. The quantitative estimate of drug-likeness (QED) is 0.100. The van der Waals surface area contributed by atoms with Gasteiger partial charge in [0.15, 0.2) is 0 Å². The summed E-state index contributed by atoms with van der Waals surface area (Å²) < 4.78 is 19.3. The van der Waals surface area contributed by atoms with E-state index in [9.17, 15) is 25.5 Å². The van der Waals surface area contributed by atoms with Crippen LogP contribution in [0.2, 0.25) is 0 Å². The Hall–Kier alpha value is 0.380. The highest BCUT2D eigenvalue weighted by atomic mass is 31.2. The number of aliphatic hydroxyl groups excluding tert-OH is 4. The molecule has 0 aromatic carbocycles. The van der Waals surface area contributed by atoms with Crippen LogP contribution in [-0.4, -0.2) is 105 Å². The Morgan fingerprint density at radius 2 is 1.47 bits per heavy atom. The van der Waals surface area contributed by atoms with Gasteiger partial charge in [0, 0.05) is 13.2 Å². The van der Waals surface area contributed by atoms with Crippen molar-refractivity contribution in [3.8, 4) is 0 Å². The summed E-state index contributed by atoms with van der Waals surface area (Å²) >= 11 is 0. The van der Waals surface area contributed by atoms with E-state index in [1.165, 1.54) is 0 Å². The molecule has 0 aromatic heterocycles. The lowest BCUT2D eigenvalue weighted by atomic mass is 9.58. The zero-order valence-electron chi connectivity index (χ0n) is 18.6. The van der Waals surface area contributed by atoms with Crippen LogP contribution in [0.1, 0.15) is 39.0 Å². The fourth-order valence-electron chi connectivity index (χ4n) is 3.48. The second-order valence-corrected chi connectivity index (χ2v) is 9.31. The van der Waals surface area contributed by atoms with Gasteiger partial charge in [-0.25, -0.2) is 4.31 Å². The summed E-state index contributed by atoms with van der Waals surface area (Å²) in [5, 5.41) is 47.4. The Balaban J connectivity index is 0.000000604. The third kappa shape index (κ3) is 11.2. The van der Waals surface area contributed by atoms with E-state index in [2.05, 4.69) is 11.2 Å². The fourth-order valence-corrected chi connectivity index (χ4v) is 4.40. The summed E-state index contributed by atoms with van der Waals surface area (Å²) in [6.45, 7) is 2.65. The van der Waals surface area contributed by atoms with Crippen molar-refractivity contribution in [3.63, 3.8) is 0 Å². The number of aliphatic hydroxyl groups is 5. The average Bonchev–Trinajstić information content (AvgIpc) is 2.77. The van der Waals surface area contributed by atoms with Gasteiger partial charge in [0.2, 0.25) is 0 Å². The van der Waals surface area contributed by atoms with E-state index in [0.717, 1.165) is 19.4 Å². The summed E-state index contributed by atoms with van der Waals surface area (Å²) in [5.74, 6) is -0.376. The Labute approximate surface area is 191 Å². The summed E-state index contributed by atoms with van der Waals surface area (Å²) in [6, 6.07) is 0. The first kappa shape index (κ1) is 32.4. The summed E-state index contributed by atoms with van der Waals surface area (Å²) in [5.41, 5.74) is -2.70. The van der Waals surface area contributed by atoms with Crippen LogP contribution >= 0.6 is 17.2 Å². The first-order chi connectivity index (χ1) is 15.3. The minimum Gasteiger partial charge on any atom is -0.396 e. The largest absolute Gasteiger partial charge is 0.396 e. The fraction of sp³-hybridized carbons (Fsp3) is 1.00. The standard InChI is InChI=1S/C10H20O5.C8H20O7P2/c11-4-8-2-1-3-10(15,7-14)9(8,5-12)6-13;1-2-3-4-12-5-6-13-7-8-14-17(11)15-16(9)10/h8,11-15H,1-7H2;9-11H,2-8H2,1H3. The zero-order chi connectivity index (χ0) is 24.5. The van der Waals surface area contributed by atoms with Crippen LogP contribution in [0.15, 0.2) is 0 Å². The molecule has 0 saturated heterocycles. The molecule has 8 N–H and O–H groups in total. The monoisotopic (exact) mass is 510 g/mol. The highest BCUT2D eigenvalue weighted by Crippen LogP contribution is 2.47. The Kier molecular flexibility index (Phi) is 18.9. The minimum atomic E-state index is -2.58. The van der Waals surface area contributed by atoms with E-state index in [4.69, 9.17) is 28.7 Å². The molecule has 194 valence electrons. The highest BCUT2D eigenvalue weighted by molar-refractivity contribution is 7.54. The molecule has 0 aliphatic heterocycles. The Bertz CT molecular complexity index is 444. The van der Waals surface area contributed by atoms with Crippen molar-refractivity contribution in [1.29, 1.82) is 0 Å². The maximum Gasteiger partial charge on any atom is 0.337 e. The molecule has 14 heteroatoms. The van der Waals surface area contributed by atoms with Crippen LogP contribution in [0.25, 0.3) is 0 Å². The number of hydrogen-bond acceptors (Lipinski definition) is 12. The predicted molar refractivity (Wildman–Crippen MR) is 117 cm³/mol. The van der Waals surface area contributed by atoms with Crippen molar-refractivity contribution in [3.05, 3.63) is 0 Å². The van der Waals surface area contributed by atoms with Crippen LogP contribution in [0.5, 0.6) is 0 Å². The number of hydrogen-bond donors (Lipinski definition) is 8. The smallest absolute Gasteiger partial charge is 0.337 e. The van der Waals surface area contributed by atoms with Crippen molar-refractivity contribution in [2.75, 3.05) is 59.5 Å². The van der Waals surface area contributed by atoms with Gasteiger partial charge in [0.25, 0.3) is 0 Å². The second kappa shape index (κ2) is 18.7. The molecular formula is C18H40O12P2. The van der Waals surface area contributed by atoms with Crippen LogP contribution in [0, 0.1) is 11.3 Å². The van der Waals surface area contributed by atoms with E-state index in [1.54, 1.807) is 0 Å². The highest BCUT2D eigenvalue weighted by Gasteiger charge is 2.55. The van der Waals surface area contributed by atoms with E-state index in [0.29, 0.717) is 32.5 Å². The van der Waals surface area contributed by atoms with Crippen LogP contribution in [0.4, 0.5) is 0 Å². The van der Waals surface area contributed by atoms with Gasteiger partial charge >= 0.3 is 17.2 Å². The molecule has 0 heterocycles. The van der Waals surface area contributed by atoms with Crippen molar-refractivity contribution < 1.29 is 58.5 Å². The van der Waals surface area contributed by atoms with E-state index in [-0.39, 0.29) is 25.7 Å². The molecular weight excluding hydrogens is 470 g/mol. The molecule has 3 unspecified atom stereocenters. The molecule has 0 amide bonds. The summed E-state index contributed by atoms with van der Waals surface area (Å²) in [6.07, 6.45) is 3.79. The van der Waals surface area contributed by atoms with Crippen LogP contribution in [0.3, 0.4) is 0 Å². The predicted octanol–water partition coefficient (Wildman–Crippen LogP) is -0.243. The zero-order valence-corrected chi connectivity index (χ0v) is 20.4. The molecule has 12 nitrogen and oxygen atoms in total. The average molecular weight is 510 g/mol. The molecule has 3 atom stereocenters. The summed E-state index contributed by atoms with van der Waals surface area (Å²) in [4.78, 5) is 25.7. The second-order valence-electron chi connectivity index (χ2n) is 7.42. The normalized spacial score (nSPS) is 23.6. The maximum absolute atomic E-state index is 10.2. The Morgan fingerprint density at radius 3 is 1.97 bits per heavy atom. The van der Waals surface area contributed by atoms with Gasteiger partial charge in [-0.2, -0.15) is 0 Å². The van der Waals surface area contributed by atoms with E-state index in [1.807, 2.05) is 0 Å². The number of rotatable bonds is 16. The maximum atomic E-state index is 10.2. The van der Waals surface area contributed by atoms with Gasteiger partial charge in [-0.05, 0) is 25.2 Å². The van der Waals surface area contributed by atoms with Gasteiger partial charge in [0.1, 0.15) is 0 Å². The molecule has 1 aliphatic rings. The molecule has 32 heavy (non-hydrogen) atoms. The topological polar surface area (TPSA) is 199 Å². The van der Waals surface area contributed by atoms with Gasteiger partial charge in [-0.1, -0.05) is 19.8 Å². The van der Waals surface area contributed by atoms with Crippen molar-refractivity contribution in [2.45, 2.75) is 44.6 Å². The van der Waals surface area contributed by atoms with Crippen LogP contribution < -0.4 is 0 Å². The molecule has 1 fully saturated rings.